The lowest BCUT2D eigenvalue weighted by atomic mass is 9.92. The molecule has 1 aliphatic carbocycles. The third-order valence-electron chi connectivity index (χ3n) is 7.05. The Morgan fingerprint density at radius 1 is 1.16 bits per heavy atom. The van der Waals surface area contributed by atoms with Gasteiger partial charge < -0.3 is 14.0 Å². The normalized spacial score (nSPS) is 16.4. The molecule has 0 radical (unpaired) electrons. The zero-order chi connectivity index (χ0) is 25.8. The van der Waals surface area contributed by atoms with E-state index in [0.29, 0.717) is 23.9 Å². The molecule has 1 aliphatic heterocycles. The van der Waals surface area contributed by atoms with Gasteiger partial charge in [0.15, 0.2) is 0 Å². The maximum absolute atomic E-state index is 12.0. The number of hydrogen-bond donors (Lipinski definition) is 1. The van der Waals surface area contributed by atoms with Crippen molar-refractivity contribution in [3.8, 4) is 23.1 Å². The number of carbonyl (C=O) groups excluding carboxylic acids is 1. The van der Waals surface area contributed by atoms with Crippen LogP contribution < -0.4 is 10.1 Å². The second-order valence-electron chi connectivity index (χ2n) is 9.93. The maximum atomic E-state index is 12.0. The quantitative estimate of drug-likeness (QED) is 0.378. The molecule has 0 atom stereocenters. The van der Waals surface area contributed by atoms with Gasteiger partial charge in [0.05, 0.1) is 22.9 Å². The number of benzene rings is 2. The summed E-state index contributed by atoms with van der Waals surface area (Å²) in [6.45, 7) is 7.47. The molecule has 2 aliphatic rings. The van der Waals surface area contributed by atoms with Gasteiger partial charge in [0.25, 0.3) is 0 Å². The standard InChI is InChI=1S/C29H34N4O3S/c1-20(2)36-29(34)31-22-8-6-21(7-9-22)28-26(19-30)25-11-10-24(18-27(25)33(28)23-4-3-5-23)35-15-12-32-13-16-37-17-14-32/h6-11,18,20,23H,3-5,12-17H2,1-2H3,(H,31,34). The smallest absolute Gasteiger partial charge is 0.411 e. The predicted molar refractivity (Wildman–Crippen MR) is 149 cm³/mol. The molecule has 0 bridgehead atoms. The number of aromatic nitrogens is 1. The first-order valence-electron chi connectivity index (χ1n) is 13.1. The molecule has 1 saturated heterocycles. The van der Waals surface area contributed by atoms with E-state index in [2.05, 4.69) is 26.9 Å². The van der Waals surface area contributed by atoms with Crippen LogP contribution in [0.2, 0.25) is 0 Å². The fourth-order valence-corrected chi connectivity index (χ4v) is 5.97. The summed E-state index contributed by atoms with van der Waals surface area (Å²) in [4.78, 5) is 14.4. The van der Waals surface area contributed by atoms with Crippen molar-refractivity contribution in [1.29, 1.82) is 5.26 Å². The second-order valence-corrected chi connectivity index (χ2v) is 11.2. The van der Waals surface area contributed by atoms with Crippen LogP contribution in [0, 0.1) is 11.3 Å². The number of ether oxygens (including phenoxy) is 2. The molecule has 5 rings (SSSR count). The van der Waals surface area contributed by atoms with Crippen LogP contribution in [0.1, 0.15) is 44.7 Å². The van der Waals surface area contributed by atoms with Gasteiger partial charge in [0.1, 0.15) is 18.4 Å². The van der Waals surface area contributed by atoms with Crippen LogP contribution in [0.4, 0.5) is 10.5 Å². The van der Waals surface area contributed by atoms with E-state index in [1.54, 1.807) is 0 Å². The Kier molecular flexibility index (Phi) is 7.92. The zero-order valence-electron chi connectivity index (χ0n) is 21.5. The van der Waals surface area contributed by atoms with E-state index >= 15 is 0 Å². The molecule has 1 amide bonds. The average molecular weight is 519 g/mol. The molecule has 1 N–H and O–H groups in total. The van der Waals surface area contributed by atoms with Crippen LogP contribution in [0.3, 0.4) is 0 Å². The molecular formula is C29H34N4O3S. The van der Waals surface area contributed by atoms with Crippen LogP contribution in [-0.2, 0) is 4.74 Å². The van der Waals surface area contributed by atoms with Crippen LogP contribution >= 0.6 is 11.8 Å². The molecule has 8 heteroatoms. The Morgan fingerprint density at radius 2 is 1.92 bits per heavy atom. The molecule has 2 fully saturated rings. The van der Waals surface area contributed by atoms with Crippen molar-refractivity contribution in [2.24, 2.45) is 0 Å². The minimum atomic E-state index is -0.476. The molecular weight excluding hydrogens is 484 g/mol. The van der Waals surface area contributed by atoms with Gasteiger partial charge in [-0.05, 0) is 62.9 Å². The summed E-state index contributed by atoms with van der Waals surface area (Å²) in [5, 5.41) is 13.9. The number of fused-ring (bicyclic) bond motifs is 1. The van der Waals surface area contributed by atoms with Crippen LogP contribution in [0.25, 0.3) is 22.2 Å². The Hall–Kier alpha value is -3.15. The topological polar surface area (TPSA) is 79.5 Å². The molecule has 2 aromatic carbocycles. The van der Waals surface area contributed by atoms with Crippen molar-refractivity contribution >= 4 is 34.4 Å². The van der Waals surface area contributed by atoms with E-state index in [1.165, 1.54) is 17.9 Å². The van der Waals surface area contributed by atoms with E-state index in [9.17, 15) is 10.1 Å². The molecule has 1 saturated carbocycles. The third-order valence-corrected chi connectivity index (χ3v) is 8.00. The summed E-state index contributed by atoms with van der Waals surface area (Å²) in [7, 11) is 0. The van der Waals surface area contributed by atoms with E-state index in [-0.39, 0.29) is 6.10 Å². The summed E-state index contributed by atoms with van der Waals surface area (Å²) in [6.07, 6.45) is 2.72. The van der Waals surface area contributed by atoms with Crippen molar-refractivity contribution in [3.05, 3.63) is 48.0 Å². The van der Waals surface area contributed by atoms with Crippen molar-refractivity contribution < 1.29 is 14.3 Å². The van der Waals surface area contributed by atoms with Crippen LogP contribution in [0.5, 0.6) is 5.75 Å². The van der Waals surface area contributed by atoms with Gasteiger partial charge in [-0.1, -0.05) is 12.1 Å². The van der Waals surface area contributed by atoms with Gasteiger partial charge >= 0.3 is 6.09 Å². The molecule has 1 aromatic heterocycles. The van der Waals surface area contributed by atoms with Crippen molar-refractivity contribution in [3.63, 3.8) is 0 Å². The number of rotatable bonds is 8. The fraction of sp³-hybridized carbons (Fsp3) is 0.448. The number of nitrogens with one attached hydrogen (secondary N) is 1. The lowest BCUT2D eigenvalue weighted by Gasteiger charge is -2.30. The Morgan fingerprint density at radius 3 is 2.57 bits per heavy atom. The van der Waals surface area contributed by atoms with Crippen molar-refractivity contribution in [2.45, 2.75) is 45.3 Å². The summed E-state index contributed by atoms with van der Waals surface area (Å²) >= 11 is 2.02. The average Bonchev–Trinajstić information content (AvgIpc) is 3.17. The molecule has 2 heterocycles. The predicted octanol–water partition coefficient (Wildman–Crippen LogP) is 6.29. The molecule has 37 heavy (non-hydrogen) atoms. The van der Waals surface area contributed by atoms with Gasteiger partial charge in [0.2, 0.25) is 0 Å². The first-order valence-corrected chi connectivity index (χ1v) is 14.3. The molecule has 7 nitrogen and oxygen atoms in total. The molecule has 0 spiro atoms. The third kappa shape index (κ3) is 5.73. The number of thioether (sulfide) groups is 1. The number of nitrogens with zero attached hydrogens (tertiary/aromatic N) is 3. The lowest BCUT2D eigenvalue weighted by molar-refractivity contribution is 0.130. The summed E-state index contributed by atoms with van der Waals surface area (Å²) in [5.41, 5.74) is 4.27. The highest BCUT2D eigenvalue weighted by molar-refractivity contribution is 7.99. The van der Waals surface area contributed by atoms with Crippen LogP contribution in [0.15, 0.2) is 42.5 Å². The lowest BCUT2D eigenvalue weighted by Crippen LogP contribution is -2.35. The molecule has 3 aromatic rings. The number of carbonyl (C=O) groups is 1. The number of hydrogen-bond acceptors (Lipinski definition) is 6. The van der Waals surface area contributed by atoms with E-state index in [4.69, 9.17) is 9.47 Å². The highest BCUT2D eigenvalue weighted by Crippen LogP contribution is 2.43. The molecule has 0 unspecified atom stereocenters. The Bertz CT molecular complexity index is 1290. The molecule has 194 valence electrons. The number of anilines is 1. The monoisotopic (exact) mass is 518 g/mol. The summed E-state index contributed by atoms with van der Waals surface area (Å²) in [5.74, 6) is 3.23. The van der Waals surface area contributed by atoms with Gasteiger partial charge in [-0.3, -0.25) is 10.2 Å². The fourth-order valence-electron chi connectivity index (χ4n) is 4.99. The maximum Gasteiger partial charge on any atom is 0.411 e. The number of nitriles is 1. The number of amides is 1. The second kappa shape index (κ2) is 11.5. The van der Waals surface area contributed by atoms with E-state index in [1.807, 2.05) is 62.0 Å². The first kappa shape index (κ1) is 25.5. The van der Waals surface area contributed by atoms with Gasteiger partial charge in [-0.25, -0.2) is 4.79 Å². The van der Waals surface area contributed by atoms with Gasteiger partial charge in [0, 0.05) is 54.3 Å². The largest absolute Gasteiger partial charge is 0.492 e. The van der Waals surface area contributed by atoms with E-state index in [0.717, 1.165) is 60.4 Å². The first-order chi connectivity index (χ1) is 18.0. The van der Waals surface area contributed by atoms with Gasteiger partial charge in [-0.2, -0.15) is 17.0 Å². The van der Waals surface area contributed by atoms with Crippen molar-refractivity contribution in [1.82, 2.24) is 9.47 Å². The van der Waals surface area contributed by atoms with E-state index < -0.39 is 6.09 Å². The summed E-state index contributed by atoms with van der Waals surface area (Å²) < 4.78 is 13.7. The summed E-state index contributed by atoms with van der Waals surface area (Å²) in [6, 6.07) is 16.6. The van der Waals surface area contributed by atoms with Crippen molar-refractivity contribution in [2.75, 3.05) is 43.1 Å². The minimum Gasteiger partial charge on any atom is -0.492 e. The Balaban J connectivity index is 1.43. The SMILES string of the molecule is CC(C)OC(=O)Nc1ccc(-c2c(C#N)c3ccc(OCCN4CCSCC4)cc3n2C2CCC2)cc1. The highest BCUT2D eigenvalue weighted by atomic mass is 32.2. The zero-order valence-corrected chi connectivity index (χ0v) is 22.4. The Labute approximate surface area is 222 Å². The highest BCUT2D eigenvalue weighted by Gasteiger charge is 2.28. The van der Waals surface area contributed by atoms with Gasteiger partial charge in [-0.15, -0.1) is 0 Å². The van der Waals surface area contributed by atoms with Crippen LogP contribution in [-0.4, -0.2) is 59.4 Å². The minimum absolute atomic E-state index is 0.187.